The van der Waals surface area contributed by atoms with Crippen molar-refractivity contribution in [3.05, 3.63) is 30.3 Å². The van der Waals surface area contributed by atoms with Crippen molar-refractivity contribution >= 4 is 5.91 Å². The molecule has 7 heteroatoms. The van der Waals surface area contributed by atoms with Gasteiger partial charge in [-0.3, -0.25) is 4.79 Å². The summed E-state index contributed by atoms with van der Waals surface area (Å²) >= 11 is 0. The highest BCUT2D eigenvalue weighted by molar-refractivity contribution is 5.78. The fraction of sp³-hybridized carbons (Fsp3) is 0.588. The number of amides is 1. The van der Waals surface area contributed by atoms with Crippen LogP contribution in [-0.2, 0) is 4.79 Å². The molecule has 0 aromatic heterocycles. The second-order valence-electron chi connectivity index (χ2n) is 6.13. The van der Waals surface area contributed by atoms with E-state index >= 15 is 0 Å². The van der Waals surface area contributed by atoms with E-state index in [9.17, 15) is 23.1 Å². The molecular weight excluding hydrogens is 323 g/mol. The molecule has 2 rings (SSSR count). The fourth-order valence-corrected chi connectivity index (χ4v) is 2.86. The predicted octanol–water partition coefficient (Wildman–Crippen LogP) is 2.91. The lowest BCUT2D eigenvalue weighted by molar-refractivity contribution is -0.186. The molecule has 134 valence electrons. The summed E-state index contributed by atoms with van der Waals surface area (Å²) in [5.41, 5.74) is 0. The van der Waals surface area contributed by atoms with E-state index in [-0.39, 0.29) is 26.0 Å². The smallest absolute Gasteiger partial charge is 0.391 e. The Labute approximate surface area is 139 Å². The first-order chi connectivity index (χ1) is 11.4. The van der Waals surface area contributed by atoms with Crippen molar-refractivity contribution in [1.82, 2.24) is 5.32 Å². The van der Waals surface area contributed by atoms with E-state index in [0.717, 1.165) is 0 Å². The van der Waals surface area contributed by atoms with Crippen LogP contribution < -0.4 is 10.1 Å². The Morgan fingerprint density at radius 2 is 2.00 bits per heavy atom. The summed E-state index contributed by atoms with van der Waals surface area (Å²) in [5, 5.41) is 12.3. The van der Waals surface area contributed by atoms with E-state index in [0.29, 0.717) is 18.6 Å². The van der Waals surface area contributed by atoms with Crippen LogP contribution in [0.15, 0.2) is 30.3 Å². The average molecular weight is 345 g/mol. The Bertz CT molecular complexity index is 522. The number of aliphatic hydroxyl groups is 1. The van der Waals surface area contributed by atoms with Crippen LogP contribution >= 0.6 is 0 Å². The second-order valence-corrected chi connectivity index (χ2v) is 6.13. The SMILES string of the molecule is O=C(NC[C@H](O)COc1ccccc1)[C@@H]1CCC[C@@H](C(F)(F)F)C1. The topological polar surface area (TPSA) is 58.6 Å². The van der Waals surface area contributed by atoms with Gasteiger partial charge in [0.1, 0.15) is 18.5 Å². The number of aliphatic hydroxyl groups excluding tert-OH is 1. The van der Waals surface area contributed by atoms with E-state index in [1.807, 2.05) is 6.07 Å². The molecule has 1 aliphatic carbocycles. The van der Waals surface area contributed by atoms with Crippen molar-refractivity contribution in [2.45, 2.75) is 38.0 Å². The molecule has 0 bridgehead atoms. The predicted molar refractivity (Wildman–Crippen MR) is 82.5 cm³/mol. The number of carbonyl (C=O) groups excluding carboxylic acids is 1. The zero-order valence-electron chi connectivity index (χ0n) is 13.3. The molecule has 1 aliphatic rings. The van der Waals surface area contributed by atoms with Gasteiger partial charge in [-0.1, -0.05) is 24.6 Å². The lowest BCUT2D eigenvalue weighted by Crippen LogP contribution is -2.41. The van der Waals surface area contributed by atoms with Gasteiger partial charge in [-0.25, -0.2) is 0 Å². The third kappa shape index (κ3) is 5.70. The van der Waals surface area contributed by atoms with Crippen LogP contribution in [0.2, 0.25) is 0 Å². The minimum atomic E-state index is -4.25. The van der Waals surface area contributed by atoms with Crippen LogP contribution in [0.4, 0.5) is 13.2 Å². The molecule has 1 amide bonds. The lowest BCUT2D eigenvalue weighted by Gasteiger charge is -2.29. The molecule has 2 N–H and O–H groups in total. The molecule has 1 fully saturated rings. The monoisotopic (exact) mass is 345 g/mol. The summed E-state index contributed by atoms with van der Waals surface area (Å²) in [7, 11) is 0. The van der Waals surface area contributed by atoms with Gasteiger partial charge in [-0.2, -0.15) is 13.2 Å². The van der Waals surface area contributed by atoms with Crippen molar-refractivity contribution in [2.24, 2.45) is 11.8 Å². The molecular formula is C17H22F3NO3. The summed E-state index contributed by atoms with van der Waals surface area (Å²) in [6, 6.07) is 8.91. The molecule has 1 aromatic carbocycles. The Balaban J connectivity index is 1.72. The van der Waals surface area contributed by atoms with Crippen LogP contribution in [0.5, 0.6) is 5.75 Å². The molecule has 1 aromatic rings. The first kappa shape index (κ1) is 18.6. The number of rotatable bonds is 6. The third-order valence-corrected chi connectivity index (χ3v) is 4.21. The minimum absolute atomic E-state index is 0.000135. The maximum Gasteiger partial charge on any atom is 0.391 e. The quantitative estimate of drug-likeness (QED) is 0.833. The van der Waals surface area contributed by atoms with Crippen molar-refractivity contribution < 1.29 is 27.8 Å². The van der Waals surface area contributed by atoms with Gasteiger partial charge < -0.3 is 15.2 Å². The molecule has 24 heavy (non-hydrogen) atoms. The third-order valence-electron chi connectivity index (χ3n) is 4.21. The summed E-state index contributed by atoms with van der Waals surface area (Å²) < 4.78 is 43.7. The van der Waals surface area contributed by atoms with Gasteiger partial charge in [-0.15, -0.1) is 0 Å². The number of hydrogen-bond donors (Lipinski definition) is 2. The molecule has 1 saturated carbocycles. The van der Waals surface area contributed by atoms with Crippen molar-refractivity contribution in [3.8, 4) is 5.75 Å². The molecule has 0 spiro atoms. The normalized spacial score (nSPS) is 22.7. The van der Waals surface area contributed by atoms with Gasteiger partial charge in [0, 0.05) is 12.5 Å². The molecule has 4 nitrogen and oxygen atoms in total. The maximum atomic E-state index is 12.8. The highest BCUT2D eigenvalue weighted by Gasteiger charge is 2.43. The number of carbonyl (C=O) groups is 1. The van der Waals surface area contributed by atoms with Crippen molar-refractivity contribution in [1.29, 1.82) is 0 Å². The summed E-state index contributed by atoms with van der Waals surface area (Å²) in [5.74, 6) is -1.88. The Morgan fingerprint density at radius 1 is 1.29 bits per heavy atom. The van der Waals surface area contributed by atoms with Gasteiger partial charge in [0.25, 0.3) is 0 Å². The lowest BCUT2D eigenvalue weighted by atomic mass is 9.80. The number of halogens is 3. The van der Waals surface area contributed by atoms with Gasteiger partial charge in [0.05, 0.1) is 5.92 Å². The van der Waals surface area contributed by atoms with E-state index < -0.39 is 30.0 Å². The van der Waals surface area contributed by atoms with Crippen molar-refractivity contribution in [2.75, 3.05) is 13.2 Å². The second kappa shape index (κ2) is 8.37. The first-order valence-electron chi connectivity index (χ1n) is 8.06. The standard InChI is InChI=1S/C17H22F3NO3/c18-17(19,20)13-6-4-5-12(9-13)16(23)21-10-14(22)11-24-15-7-2-1-3-8-15/h1-3,7-8,12-14,22H,4-6,9-11H2,(H,21,23)/t12-,13-,14+/m1/s1. The Morgan fingerprint density at radius 3 is 2.67 bits per heavy atom. The number of benzene rings is 1. The zero-order valence-corrected chi connectivity index (χ0v) is 13.3. The van der Waals surface area contributed by atoms with Crippen LogP contribution in [0.25, 0.3) is 0 Å². The molecule has 0 radical (unpaired) electrons. The molecule has 0 saturated heterocycles. The van der Waals surface area contributed by atoms with Gasteiger partial charge in [0.15, 0.2) is 0 Å². The van der Waals surface area contributed by atoms with E-state index in [1.165, 1.54) is 0 Å². The number of nitrogens with one attached hydrogen (secondary N) is 1. The number of hydrogen-bond acceptors (Lipinski definition) is 3. The largest absolute Gasteiger partial charge is 0.491 e. The number of ether oxygens (including phenoxy) is 1. The molecule has 3 atom stereocenters. The molecule has 0 aliphatic heterocycles. The summed E-state index contributed by atoms with van der Waals surface area (Å²) in [6.07, 6.45) is -4.41. The molecule has 0 unspecified atom stereocenters. The minimum Gasteiger partial charge on any atom is -0.491 e. The summed E-state index contributed by atoms with van der Waals surface area (Å²) in [4.78, 5) is 12.0. The van der Waals surface area contributed by atoms with Crippen LogP contribution in [0, 0.1) is 11.8 Å². The van der Waals surface area contributed by atoms with Gasteiger partial charge >= 0.3 is 6.18 Å². The highest BCUT2D eigenvalue weighted by Crippen LogP contribution is 2.39. The fourth-order valence-electron chi connectivity index (χ4n) is 2.86. The first-order valence-corrected chi connectivity index (χ1v) is 8.06. The maximum absolute atomic E-state index is 12.8. The van der Waals surface area contributed by atoms with Crippen LogP contribution in [0.1, 0.15) is 25.7 Å². The van der Waals surface area contributed by atoms with Crippen LogP contribution in [-0.4, -0.2) is 36.4 Å². The van der Waals surface area contributed by atoms with E-state index in [1.54, 1.807) is 24.3 Å². The average Bonchev–Trinajstić information content (AvgIpc) is 2.58. The van der Waals surface area contributed by atoms with E-state index in [2.05, 4.69) is 5.32 Å². The van der Waals surface area contributed by atoms with E-state index in [4.69, 9.17) is 4.74 Å². The number of alkyl halides is 3. The van der Waals surface area contributed by atoms with Crippen LogP contribution in [0.3, 0.4) is 0 Å². The summed E-state index contributed by atoms with van der Waals surface area (Å²) in [6.45, 7) is -0.0427. The van der Waals surface area contributed by atoms with Crippen molar-refractivity contribution in [3.63, 3.8) is 0 Å². The Hall–Kier alpha value is -1.76. The highest BCUT2D eigenvalue weighted by atomic mass is 19.4. The zero-order chi connectivity index (χ0) is 17.6. The molecule has 0 heterocycles. The van der Waals surface area contributed by atoms with Gasteiger partial charge in [-0.05, 0) is 31.4 Å². The van der Waals surface area contributed by atoms with Gasteiger partial charge in [0.2, 0.25) is 5.91 Å². The Kier molecular flexibility index (Phi) is 6.48. The number of para-hydroxylation sites is 1.